The highest BCUT2D eigenvalue weighted by Crippen LogP contribution is 2.34. The number of fused-ring (bicyclic) bond motifs is 1. The standard InChI is InChI=1S/C14H18O3/c15-12-4-2-1-3-11(12)7-10-5-6-13-14(8-10)17-9-16-13/h5-6,8,11-12,15H,1-4,7,9H2. The maximum Gasteiger partial charge on any atom is 0.231 e. The third kappa shape index (κ3) is 2.25. The molecule has 2 aliphatic rings. The highest BCUT2D eigenvalue weighted by atomic mass is 16.7. The molecule has 0 amide bonds. The van der Waals surface area contributed by atoms with E-state index in [1.165, 1.54) is 18.4 Å². The van der Waals surface area contributed by atoms with E-state index in [-0.39, 0.29) is 6.10 Å². The number of hydrogen-bond donors (Lipinski definition) is 1. The van der Waals surface area contributed by atoms with E-state index >= 15 is 0 Å². The van der Waals surface area contributed by atoms with E-state index in [0.29, 0.717) is 12.7 Å². The molecule has 0 saturated heterocycles. The fourth-order valence-electron chi connectivity index (χ4n) is 2.80. The summed E-state index contributed by atoms with van der Waals surface area (Å²) in [5.74, 6) is 2.08. The molecule has 1 fully saturated rings. The Hall–Kier alpha value is -1.22. The molecule has 1 heterocycles. The van der Waals surface area contributed by atoms with Gasteiger partial charge in [0.25, 0.3) is 0 Å². The molecule has 3 nitrogen and oxygen atoms in total. The number of ether oxygens (including phenoxy) is 2. The number of rotatable bonds is 2. The van der Waals surface area contributed by atoms with Gasteiger partial charge in [0.15, 0.2) is 11.5 Å². The van der Waals surface area contributed by atoms with Crippen LogP contribution >= 0.6 is 0 Å². The van der Waals surface area contributed by atoms with Gasteiger partial charge in [-0.2, -0.15) is 0 Å². The van der Waals surface area contributed by atoms with E-state index in [0.717, 1.165) is 30.8 Å². The summed E-state index contributed by atoms with van der Waals surface area (Å²) in [6.07, 6.45) is 5.31. The fourth-order valence-corrected chi connectivity index (χ4v) is 2.80. The first-order chi connectivity index (χ1) is 8.33. The van der Waals surface area contributed by atoms with Gasteiger partial charge in [-0.1, -0.05) is 18.9 Å². The van der Waals surface area contributed by atoms with Gasteiger partial charge in [-0.25, -0.2) is 0 Å². The van der Waals surface area contributed by atoms with Crippen LogP contribution in [0.4, 0.5) is 0 Å². The minimum Gasteiger partial charge on any atom is -0.454 e. The summed E-state index contributed by atoms with van der Waals surface area (Å²) in [5.41, 5.74) is 1.24. The van der Waals surface area contributed by atoms with Crippen molar-refractivity contribution in [2.24, 2.45) is 5.92 Å². The predicted octanol–water partition coefficient (Wildman–Crippen LogP) is 2.51. The first-order valence-corrected chi connectivity index (χ1v) is 6.39. The average Bonchev–Trinajstić information content (AvgIpc) is 2.79. The van der Waals surface area contributed by atoms with Crippen LogP contribution in [0.2, 0.25) is 0 Å². The lowest BCUT2D eigenvalue weighted by Gasteiger charge is -2.27. The molecule has 17 heavy (non-hydrogen) atoms. The van der Waals surface area contributed by atoms with Crippen LogP contribution in [0.5, 0.6) is 11.5 Å². The Morgan fingerprint density at radius 3 is 2.82 bits per heavy atom. The normalized spacial score (nSPS) is 27.1. The van der Waals surface area contributed by atoms with Crippen LogP contribution in [-0.4, -0.2) is 18.0 Å². The first kappa shape index (κ1) is 10.9. The van der Waals surface area contributed by atoms with Gasteiger partial charge < -0.3 is 14.6 Å². The number of benzene rings is 1. The molecule has 1 saturated carbocycles. The van der Waals surface area contributed by atoms with E-state index in [9.17, 15) is 5.11 Å². The second kappa shape index (κ2) is 4.57. The molecule has 0 bridgehead atoms. The lowest BCUT2D eigenvalue weighted by Crippen LogP contribution is -2.26. The molecule has 2 unspecified atom stereocenters. The summed E-state index contributed by atoms with van der Waals surface area (Å²) in [6, 6.07) is 6.09. The monoisotopic (exact) mass is 234 g/mol. The zero-order valence-corrected chi connectivity index (χ0v) is 9.89. The molecule has 0 radical (unpaired) electrons. The molecule has 0 aromatic heterocycles. The second-order valence-electron chi connectivity index (χ2n) is 5.00. The molecule has 2 atom stereocenters. The van der Waals surface area contributed by atoms with Gasteiger partial charge in [0.05, 0.1) is 6.10 Å². The molecule has 0 spiro atoms. The van der Waals surface area contributed by atoms with E-state index in [4.69, 9.17) is 9.47 Å². The lowest BCUT2D eigenvalue weighted by molar-refractivity contribution is 0.0700. The van der Waals surface area contributed by atoms with Crippen molar-refractivity contribution in [3.63, 3.8) is 0 Å². The second-order valence-corrected chi connectivity index (χ2v) is 5.00. The van der Waals surface area contributed by atoms with Crippen LogP contribution in [0.15, 0.2) is 18.2 Å². The Balaban J connectivity index is 1.72. The van der Waals surface area contributed by atoms with Crippen LogP contribution in [0.25, 0.3) is 0 Å². The molecular weight excluding hydrogens is 216 g/mol. The smallest absolute Gasteiger partial charge is 0.231 e. The number of hydrogen-bond acceptors (Lipinski definition) is 3. The van der Waals surface area contributed by atoms with Crippen molar-refractivity contribution < 1.29 is 14.6 Å². The molecule has 3 heteroatoms. The molecule has 3 rings (SSSR count). The predicted molar refractivity (Wildman–Crippen MR) is 64.2 cm³/mol. The van der Waals surface area contributed by atoms with Gasteiger partial charge in [-0.15, -0.1) is 0 Å². The van der Waals surface area contributed by atoms with Crippen LogP contribution in [0.3, 0.4) is 0 Å². The highest BCUT2D eigenvalue weighted by Gasteiger charge is 2.24. The zero-order chi connectivity index (χ0) is 11.7. The van der Waals surface area contributed by atoms with Gasteiger partial charge in [0.1, 0.15) is 0 Å². The topological polar surface area (TPSA) is 38.7 Å². The van der Waals surface area contributed by atoms with Crippen molar-refractivity contribution in [3.8, 4) is 11.5 Å². The highest BCUT2D eigenvalue weighted by molar-refractivity contribution is 5.44. The van der Waals surface area contributed by atoms with Crippen molar-refractivity contribution in [1.82, 2.24) is 0 Å². The molecule has 1 N–H and O–H groups in total. The maximum atomic E-state index is 9.97. The summed E-state index contributed by atoms with van der Waals surface area (Å²) in [6.45, 7) is 0.324. The van der Waals surface area contributed by atoms with E-state index in [1.54, 1.807) is 0 Å². The van der Waals surface area contributed by atoms with Crippen LogP contribution < -0.4 is 9.47 Å². The molecular formula is C14H18O3. The van der Waals surface area contributed by atoms with Crippen molar-refractivity contribution in [2.45, 2.75) is 38.2 Å². The lowest BCUT2D eigenvalue weighted by atomic mass is 9.82. The molecule has 1 aromatic rings. The Bertz CT molecular complexity index is 402. The third-order valence-electron chi connectivity index (χ3n) is 3.80. The van der Waals surface area contributed by atoms with Gasteiger partial charge in [-0.3, -0.25) is 0 Å². The summed E-state index contributed by atoms with van der Waals surface area (Å²) >= 11 is 0. The average molecular weight is 234 g/mol. The number of aliphatic hydroxyl groups excluding tert-OH is 1. The largest absolute Gasteiger partial charge is 0.454 e. The van der Waals surface area contributed by atoms with Crippen LogP contribution in [0, 0.1) is 5.92 Å². The summed E-state index contributed by atoms with van der Waals surface area (Å²) in [7, 11) is 0. The minimum atomic E-state index is -0.130. The Morgan fingerprint density at radius 1 is 1.12 bits per heavy atom. The SMILES string of the molecule is OC1CCCCC1Cc1ccc2c(c1)OCO2. The maximum absolute atomic E-state index is 9.97. The van der Waals surface area contributed by atoms with Gasteiger partial charge in [0, 0.05) is 0 Å². The molecule has 92 valence electrons. The van der Waals surface area contributed by atoms with Gasteiger partial charge in [0.2, 0.25) is 6.79 Å². The van der Waals surface area contributed by atoms with E-state index in [2.05, 4.69) is 6.07 Å². The minimum absolute atomic E-state index is 0.130. The fraction of sp³-hybridized carbons (Fsp3) is 0.571. The molecule has 1 aromatic carbocycles. The van der Waals surface area contributed by atoms with Crippen molar-refractivity contribution >= 4 is 0 Å². The van der Waals surface area contributed by atoms with E-state index < -0.39 is 0 Å². The van der Waals surface area contributed by atoms with E-state index in [1.807, 2.05) is 12.1 Å². The summed E-state index contributed by atoms with van der Waals surface area (Å²) in [4.78, 5) is 0. The molecule has 1 aliphatic carbocycles. The molecule has 1 aliphatic heterocycles. The number of aliphatic hydroxyl groups is 1. The first-order valence-electron chi connectivity index (χ1n) is 6.39. The Labute approximate surface area is 101 Å². The van der Waals surface area contributed by atoms with Crippen LogP contribution in [-0.2, 0) is 6.42 Å². The summed E-state index contributed by atoms with van der Waals surface area (Å²) < 4.78 is 10.7. The Morgan fingerprint density at radius 2 is 1.94 bits per heavy atom. The van der Waals surface area contributed by atoms with Gasteiger partial charge >= 0.3 is 0 Å². The quantitative estimate of drug-likeness (QED) is 0.854. The van der Waals surface area contributed by atoms with Crippen molar-refractivity contribution in [3.05, 3.63) is 23.8 Å². The van der Waals surface area contributed by atoms with Crippen LogP contribution in [0.1, 0.15) is 31.2 Å². The van der Waals surface area contributed by atoms with Crippen molar-refractivity contribution in [2.75, 3.05) is 6.79 Å². The third-order valence-corrected chi connectivity index (χ3v) is 3.80. The summed E-state index contributed by atoms with van der Waals surface area (Å²) in [5, 5.41) is 9.97. The Kier molecular flexibility index (Phi) is 2.93. The van der Waals surface area contributed by atoms with Gasteiger partial charge in [-0.05, 0) is 42.9 Å². The van der Waals surface area contributed by atoms with Crippen molar-refractivity contribution in [1.29, 1.82) is 0 Å². The zero-order valence-electron chi connectivity index (χ0n) is 9.89.